The zero-order valence-corrected chi connectivity index (χ0v) is 26.9. The maximum absolute atomic E-state index is 14.9. The van der Waals surface area contributed by atoms with E-state index >= 15 is 0 Å². The van der Waals surface area contributed by atoms with Gasteiger partial charge in [-0.2, -0.15) is 21.6 Å². The third kappa shape index (κ3) is 4.75. The molecular weight excluding hydrogens is 637 g/mol. The Labute approximate surface area is 264 Å². The topological polar surface area (TPSA) is 163 Å². The van der Waals surface area contributed by atoms with Crippen LogP contribution in [0.15, 0.2) is 41.5 Å². The molecule has 1 saturated heterocycles. The van der Waals surface area contributed by atoms with Crippen LogP contribution in [0.3, 0.4) is 0 Å². The van der Waals surface area contributed by atoms with Gasteiger partial charge >= 0.3 is 27.6 Å². The summed E-state index contributed by atoms with van der Waals surface area (Å²) in [6, 6.07) is 7.55. The standard InChI is InChI=1S/C31H37F3O11S/c1-15-19(36)13-30(39)25(43-26(38)18-10-8-7-9-11-18)23-28(6,24(37)16(2)22(15)27(30,4)5)20(45-46(40,41)31(32,33)34)12-21-29(23,14-42-21)44-17(3)35/h7-11,16,19-21,23,25,36,39H,12-14H2,1-6H3/t16-,19+,20+,21-,23+,25+,28-,29+,30-/m1/s1. The van der Waals surface area contributed by atoms with Crippen LogP contribution < -0.4 is 0 Å². The van der Waals surface area contributed by atoms with Crippen LogP contribution in [0.25, 0.3) is 0 Å². The van der Waals surface area contributed by atoms with Gasteiger partial charge in [0.25, 0.3) is 0 Å². The van der Waals surface area contributed by atoms with Crippen molar-refractivity contribution in [1.82, 2.24) is 0 Å². The molecule has 254 valence electrons. The molecule has 15 heteroatoms. The van der Waals surface area contributed by atoms with Gasteiger partial charge in [-0.25, -0.2) is 4.79 Å². The first-order chi connectivity index (χ1) is 21.1. The predicted octanol–water partition coefficient (Wildman–Crippen LogP) is 3.23. The normalized spacial score (nSPS) is 38.8. The first kappa shape index (κ1) is 34.5. The number of carbonyl (C=O) groups excluding carboxylic acids is 3. The molecule has 3 aliphatic carbocycles. The highest BCUT2D eigenvalue weighted by atomic mass is 32.2. The number of fused-ring (bicyclic) bond motifs is 5. The number of Topliss-reactive ketones (excluding diaryl/α,β-unsaturated/α-hetero) is 1. The van der Waals surface area contributed by atoms with Gasteiger partial charge in [-0.1, -0.05) is 39.0 Å². The number of rotatable bonds is 5. The molecule has 1 aliphatic heterocycles. The van der Waals surface area contributed by atoms with Gasteiger partial charge < -0.3 is 24.4 Å². The maximum Gasteiger partial charge on any atom is 0.523 e. The fourth-order valence-corrected chi connectivity index (χ4v) is 9.18. The van der Waals surface area contributed by atoms with Crippen molar-refractivity contribution >= 4 is 27.8 Å². The summed E-state index contributed by atoms with van der Waals surface area (Å²) >= 11 is 0. The van der Waals surface area contributed by atoms with Crippen LogP contribution in [0.4, 0.5) is 13.2 Å². The monoisotopic (exact) mass is 674 g/mol. The number of aliphatic hydroxyl groups is 2. The van der Waals surface area contributed by atoms with Gasteiger partial charge in [0, 0.05) is 31.1 Å². The van der Waals surface area contributed by atoms with Crippen molar-refractivity contribution in [3.8, 4) is 0 Å². The van der Waals surface area contributed by atoms with Crippen molar-refractivity contribution < 1.29 is 64.6 Å². The smallest absolute Gasteiger partial charge is 0.455 e. The lowest BCUT2D eigenvalue weighted by molar-refractivity contribution is -0.343. The molecule has 0 radical (unpaired) electrons. The summed E-state index contributed by atoms with van der Waals surface area (Å²) in [5.74, 6) is -5.64. The van der Waals surface area contributed by atoms with E-state index in [9.17, 15) is 46.2 Å². The third-order valence-electron chi connectivity index (χ3n) is 10.7. The Hall–Kier alpha value is -2.85. The Morgan fingerprint density at radius 3 is 2.24 bits per heavy atom. The van der Waals surface area contributed by atoms with Gasteiger partial charge in [-0.15, -0.1) is 0 Å². The Bertz CT molecular complexity index is 1590. The summed E-state index contributed by atoms with van der Waals surface area (Å²) in [6.45, 7) is 7.99. The summed E-state index contributed by atoms with van der Waals surface area (Å²) in [5, 5.41) is 24.1. The van der Waals surface area contributed by atoms with Crippen molar-refractivity contribution in [3.05, 3.63) is 47.0 Å². The van der Waals surface area contributed by atoms with Crippen LogP contribution in [0.2, 0.25) is 0 Å². The minimum Gasteiger partial charge on any atom is -0.455 e. The minimum atomic E-state index is -6.31. The molecule has 9 atom stereocenters. The van der Waals surface area contributed by atoms with Gasteiger partial charge in [0.15, 0.2) is 5.60 Å². The SMILES string of the molecule is CC(=O)O[C@@]12CO[C@@H]1C[C@H](OS(=O)(=O)C(F)(F)F)[C@@]1(C)C(=O)[C@H](C)C3=C(C)[C@@H](O)C[C@@](O)([C@@H](OC(=O)c4ccccc4)[C@H]21)C3(C)C. The summed E-state index contributed by atoms with van der Waals surface area (Å²) in [6.07, 6.45) is -7.70. The van der Waals surface area contributed by atoms with Crippen molar-refractivity contribution in [3.63, 3.8) is 0 Å². The lowest BCUT2D eigenvalue weighted by atomic mass is 9.43. The predicted molar refractivity (Wildman–Crippen MR) is 152 cm³/mol. The van der Waals surface area contributed by atoms with E-state index in [1.165, 1.54) is 26.0 Å². The Balaban J connectivity index is 1.85. The molecule has 5 rings (SSSR count). The minimum absolute atomic E-state index is 0.0156. The fourth-order valence-electron chi connectivity index (χ4n) is 8.49. The molecule has 2 bridgehead atoms. The van der Waals surface area contributed by atoms with Gasteiger partial charge in [-0.05, 0) is 37.1 Å². The number of benzene rings is 1. The molecule has 0 spiro atoms. The van der Waals surface area contributed by atoms with Gasteiger partial charge in [0.1, 0.15) is 23.6 Å². The van der Waals surface area contributed by atoms with Crippen molar-refractivity contribution in [2.45, 2.75) is 95.5 Å². The van der Waals surface area contributed by atoms with Crippen molar-refractivity contribution in [2.24, 2.45) is 22.7 Å². The number of halogens is 3. The van der Waals surface area contributed by atoms with Crippen molar-refractivity contribution in [2.75, 3.05) is 6.61 Å². The molecule has 2 saturated carbocycles. The van der Waals surface area contributed by atoms with Crippen LogP contribution in [0.5, 0.6) is 0 Å². The lowest BCUT2D eigenvalue weighted by Crippen LogP contribution is -2.81. The zero-order chi connectivity index (χ0) is 34.4. The highest BCUT2D eigenvalue weighted by Crippen LogP contribution is 2.65. The molecule has 11 nitrogen and oxygen atoms in total. The second-order valence-corrected chi connectivity index (χ2v) is 15.0. The Kier molecular flexibility index (Phi) is 8.12. The number of ketones is 1. The highest BCUT2D eigenvalue weighted by Gasteiger charge is 2.78. The molecule has 1 heterocycles. The summed E-state index contributed by atoms with van der Waals surface area (Å²) in [7, 11) is -6.31. The Morgan fingerprint density at radius 1 is 1.11 bits per heavy atom. The van der Waals surface area contributed by atoms with Crippen LogP contribution in [0.1, 0.15) is 64.7 Å². The number of carbonyl (C=O) groups is 3. The van der Waals surface area contributed by atoms with Crippen molar-refractivity contribution in [1.29, 1.82) is 0 Å². The van der Waals surface area contributed by atoms with E-state index in [0.717, 1.165) is 6.92 Å². The van der Waals surface area contributed by atoms with E-state index < -0.39 is 111 Å². The zero-order valence-electron chi connectivity index (χ0n) is 26.1. The van der Waals surface area contributed by atoms with E-state index in [2.05, 4.69) is 0 Å². The second kappa shape index (κ2) is 10.8. The van der Waals surface area contributed by atoms with Gasteiger partial charge in [-0.3, -0.25) is 13.8 Å². The first-order valence-electron chi connectivity index (χ1n) is 14.8. The quantitative estimate of drug-likeness (QED) is 0.204. The maximum atomic E-state index is 14.9. The molecule has 46 heavy (non-hydrogen) atoms. The average molecular weight is 675 g/mol. The van der Waals surface area contributed by atoms with Gasteiger partial charge in [0.05, 0.1) is 35.7 Å². The van der Waals surface area contributed by atoms with E-state index in [1.807, 2.05) is 0 Å². The van der Waals surface area contributed by atoms with Gasteiger partial charge in [0.2, 0.25) is 0 Å². The molecule has 3 fully saturated rings. The number of ether oxygens (including phenoxy) is 3. The largest absolute Gasteiger partial charge is 0.523 e. The van der Waals surface area contributed by atoms with E-state index in [4.69, 9.17) is 18.4 Å². The number of aliphatic hydroxyl groups excluding tert-OH is 1. The van der Waals surface area contributed by atoms with Crippen LogP contribution in [0, 0.1) is 22.7 Å². The van der Waals surface area contributed by atoms with Crippen LogP contribution >= 0.6 is 0 Å². The molecule has 1 aromatic carbocycles. The Morgan fingerprint density at radius 2 is 1.72 bits per heavy atom. The number of esters is 2. The fraction of sp³-hybridized carbons (Fsp3) is 0.645. The summed E-state index contributed by atoms with van der Waals surface area (Å²) < 4.78 is 88.6. The number of alkyl halides is 3. The lowest BCUT2D eigenvalue weighted by Gasteiger charge is -2.67. The summed E-state index contributed by atoms with van der Waals surface area (Å²) in [5.41, 5.74) is -13.2. The molecule has 0 amide bonds. The van der Waals surface area contributed by atoms with Crippen LogP contribution in [-0.4, -0.2) is 84.1 Å². The van der Waals surface area contributed by atoms with Crippen LogP contribution in [-0.2, 0) is 38.1 Å². The molecule has 0 unspecified atom stereocenters. The number of hydrogen-bond acceptors (Lipinski definition) is 11. The molecule has 2 N–H and O–H groups in total. The summed E-state index contributed by atoms with van der Waals surface area (Å²) in [4.78, 5) is 41.3. The molecule has 0 aromatic heterocycles. The van der Waals surface area contributed by atoms with E-state index in [-0.39, 0.29) is 11.1 Å². The molecular formula is C31H37F3O11S. The van der Waals surface area contributed by atoms with E-state index in [1.54, 1.807) is 39.0 Å². The highest BCUT2D eigenvalue weighted by molar-refractivity contribution is 7.87. The third-order valence-corrected chi connectivity index (χ3v) is 11.8. The number of hydrogen-bond donors (Lipinski definition) is 2. The van der Waals surface area contributed by atoms with E-state index in [0.29, 0.717) is 5.57 Å². The first-order valence-corrected chi connectivity index (χ1v) is 16.2. The molecule has 1 aromatic rings. The second-order valence-electron chi connectivity index (χ2n) is 13.5. The average Bonchev–Trinajstić information content (AvgIpc) is 2.94. The molecule has 4 aliphatic rings.